The number of hydrogen-bond donors (Lipinski definition) is 6. The number of benzene rings is 3. The van der Waals surface area contributed by atoms with Gasteiger partial charge in [0.05, 0.1) is 13.0 Å². The Morgan fingerprint density at radius 2 is 1.67 bits per heavy atom. The number of ether oxygens (including phenoxy) is 1. The molecule has 10 heteroatoms. The maximum atomic E-state index is 13.3. The number of fused-ring (bicyclic) bond motifs is 1. The Bertz CT molecular complexity index is 2100. The summed E-state index contributed by atoms with van der Waals surface area (Å²) in [5.41, 5.74) is 13.2. The van der Waals surface area contributed by atoms with Crippen molar-refractivity contribution in [3.63, 3.8) is 0 Å². The molecule has 318 valence electrons. The molecule has 1 saturated heterocycles. The van der Waals surface area contributed by atoms with E-state index in [9.17, 15) is 24.9 Å². The molecule has 0 unspecified atom stereocenters. The van der Waals surface area contributed by atoms with Crippen molar-refractivity contribution >= 4 is 23.0 Å². The molecule has 3 aromatic carbocycles. The number of piperidine rings is 1. The number of phenolic OH excluding ortho intramolecular Hbond substituents is 1. The van der Waals surface area contributed by atoms with E-state index in [4.69, 9.17) is 10.5 Å². The number of hydrogen-bond acceptors (Lipinski definition) is 10. The van der Waals surface area contributed by atoms with Crippen LogP contribution in [0.1, 0.15) is 83.9 Å². The molecule has 10 nitrogen and oxygen atoms in total. The SMILES string of the molecule is CN[C@H]1C=C[C@@H]2CNCC[C@H]2[C@@H]1CCCCCC(=O)CC(=O)/C=C(\CO)c1cc(OCO)c(O)cc1Cc1cnc(N)cc1CCc1cccc(CCc2ccccc2)c1. The Morgan fingerprint density at radius 3 is 2.43 bits per heavy atom. The van der Waals surface area contributed by atoms with Crippen LogP contribution in [0.15, 0.2) is 97.2 Å². The highest BCUT2D eigenvalue weighted by atomic mass is 16.6. The number of nitrogens with one attached hydrogen (secondary N) is 2. The van der Waals surface area contributed by atoms with Crippen molar-refractivity contribution in [3.8, 4) is 11.5 Å². The highest BCUT2D eigenvalue weighted by Crippen LogP contribution is 2.38. The Morgan fingerprint density at radius 1 is 0.900 bits per heavy atom. The van der Waals surface area contributed by atoms with Crippen LogP contribution in [0.5, 0.6) is 11.5 Å². The number of aromatic hydroxyl groups is 1. The molecule has 0 amide bonds. The van der Waals surface area contributed by atoms with E-state index in [0.717, 1.165) is 69.2 Å². The van der Waals surface area contributed by atoms with Crippen LogP contribution in [-0.4, -0.2) is 71.4 Å². The number of likely N-dealkylation sites (N-methyl/N-ethyl adjacent to an activating group) is 1. The first-order chi connectivity index (χ1) is 29.2. The molecule has 1 aliphatic heterocycles. The maximum Gasteiger partial charge on any atom is 0.186 e. The standard InChI is InChI=1S/C50H62N4O6/c1-52-47-20-19-38-30-53-22-21-44(38)45(47)14-7-3-6-13-42(57)28-43(58)25-41(32-55)46-29-49(60-33-56)48(59)26-39(46)24-40-31-54-50(51)27-37(40)18-17-36-12-8-11-35(23-36)16-15-34-9-4-2-5-10-34/h2,4-5,8-12,19-20,23,25-27,29,31,38,44-45,47,52-53,55-56,59H,3,6-7,13-18,21-22,24,28,30,32-33H2,1H3,(H2,51,54)/b41-25+/t38-,44-,45+,47+/m1/s1. The van der Waals surface area contributed by atoms with Gasteiger partial charge in [0.2, 0.25) is 0 Å². The van der Waals surface area contributed by atoms with E-state index in [-0.39, 0.29) is 29.3 Å². The lowest BCUT2D eigenvalue weighted by molar-refractivity contribution is -0.124. The lowest BCUT2D eigenvalue weighted by atomic mass is 9.68. The second-order valence-corrected chi connectivity index (χ2v) is 16.4. The molecular weight excluding hydrogens is 753 g/mol. The van der Waals surface area contributed by atoms with Crippen LogP contribution in [0.25, 0.3) is 5.57 Å². The molecule has 1 aromatic heterocycles. The molecule has 0 spiro atoms. The third-order valence-electron chi connectivity index (χ3n) is 12.3. The highest BCUT2D eigenvalue weighted by Gasteiger charge is 2.36. The van der Waals surface area contributed by atoms with Gasteiger partial charge in [-0.05, 0) is 152 Å². The minimum Gasteiger partial charge on any atom is -0.504 e. The second kappa shape index (κ2) is 22.5. The topological polar surface area (TPSA) is 167 Å². The summed E-state index contributed by atoms with van der Waals surface area (Å²) in [6, 6.07) is 24.4. The normalized spacial score (nSPS) is 18.9. The maximum absolute atomic E-state index is 13.3. The number of Topliss-reactive ketones (excluding diaryl/α,β-unsaturated/α-hetero) is 1. The molecule has 0 saturated carbocycles. The van der Waals surface area contributed by atoms with Crippen LogP contribution in [0.2, 0.25) is 0 Å². The quantitative estimate of drug-likeness (QED) is 0.0165. The first-order valence-electron chi connectivity index (χ1n) is 21.6. The number of allylic oxidation sites excluding steroid dienone is 1. The van der Waals surface area contributed by atoms with Crippen molar-refractivity contribution in [1.82, 2.24) is 15.6 Å². The van der Waals surface area contributed by atoms with E-state index in [1.165, 1.54) is 41.3 Å². The number of aromatic nitrogens is 1. The zero-order valence-corrected chi connectivity index (χ0v) is 35.0. The Kier molecular flexibility index (Phi) is 16.6. The number of carbonyl (C=O) groups is 2. The first-order valence-corrected chi connectivity index (χ1v) is 21.6. The number of nitrogen functional groups attached to an aromatic ring is 1. The van der Waals surface area contributed by atoms with E-state index in [0.29, 0.717) is 60.0 Å². The van der Waals surface area contributed by atoms with E-state index in [2.05, 4.69) is 76.3 Å². The monoisotopic (exact) mass is 814 g/mol. The predicted molar refractivity (Wildman–Crippen MR) is 238 cm³/mol. The van der Waals surface area contributed by atoms with Crippen molar-refractivity contribution in [2.45, 2.75) is 83.1 Å². The van der Waals surface area contributed by atoms with Gasteiger partial charge in [-0.3, -0.25) is 9.59 Å². The zero-order valence-electron chi connectivity index (χ0n) is 35.0. The van der Waals surface area contributed by atoms with Crippen molar-refractivity contribution in [3.05, 3.63) is 136 Å². The van der Waals surface area contributed by atoms with Gasteiger partial charge in [-0.15, -0.1) is 0 Å². The molecule has 1 fully saturated rings. The fraction of sp³-hybridized carbons (Fsp3) is 0.420. The van der Waals surface area contributed by atoms with E-state index in [1.807, 2.05) is 19.2 Å². The van der Waals surface area contributed by atoms with Gasteiger partial charge in [0.15, 0.2) is 24.1 Å². The average molecular weight is 815 g/mol. The van der Waals surface area contributed by atoms with Crippen molar-refractivity contribution < 1.29 is 29.6 Å². The van der Waals surface area contributed by atoms with Crippen LogP contribution in [0.4, 0.5) is 5.82 Å². The first kappa shape index (κ1) is 44.4. The van der Waals surface area contributed by atoms with Gasteiger partial charge in [0.1, 0.15) is 11.6 Å². The number of anilines is 1. The molecule has 1 aliphatic carbocycles. The minimum absolute atomic E-state index is 0.00267. The largest absolute Gasteiger partial charge is 0.504 e. The average Bonchev–Trinajstić information content (AvgIpc) is 3.26. The summed E-state index contributed by atoms with van der Waals surface area (Å²) in [6.45, 7) is 0.938. The lowest BCUT2D eigenvalue weighted by Gasteiger charge is -2.42. The van der Waals surface area contributed by atoms with Gasteiger partial charge in [-0.1, -0.05) is 79.6 Å². The Labute approximate surface area is 355 Å². The third kappa shape index (κ3) is 12.5. The Hall–Kier alpha value is -5.13. The number of aliphatic hydroxyl groups excluding tert-OH is 2. The number of pyridine rings is 1. The number of rotatable bonds is 22. The lowest BCUT2D eigenvalue weighted by Crippen LogP contribution is -2.47. The molecule has 0 radical (unpaired) electrons. The number of aryl methyl sites for hydroxylation is 4. The molecule has 4 atom stereocenters. The summed E-state index contributed by atoms with van der Waals surface area (Å²) in [4.78, 5) is 30.7. The van der Waals surface area contributed by atoms with Crippen LogP contribution in [0, 0.1) is 17.8 Å². The van der Waals surface area contributed by atoms with Crippen LogP contribution in [-0.2, 0) is 41.7 Å². The highest BCUT2D eigenvalue weighted by molar-refractivity contribution is 6.07. The second-order valence-electron chi connectivity index (χ2n) is 16.4. The number of phenols is 1. The number of unbranched alkanes of at least 4 members (excludes halogenated alkanes) is 2. The van der Waals surface area contributed by atoms with Gasteiger partial charge in [-0.25, -0.2) is 4.98 Å². The van der Waals surface area contributed by atoms with Gasteiger partial charge in [0, 0.05) is 25.2 Å². The summed E-state index contributed by atoms with van der Waals surface area (Å²) < 4.78 is 5.29. The number of nitrogens with zero attached hydrogens (tertiary/aromatic N) is 1. The minimum atomic E-state index is -0.677. The van der Waals surface area contributed by atoms with Gasteiger partial charge >= 0.3 is 0 Å². The van der Waals surface area contributed by atoms with Crippen molar-refractivity contribution in [1.29, 1.82) is 0 Å². The number of aliphatic hydroxyl groups is 2. The predicted octanol–water partition coefficient (Wildman–Crippen LogP) is 6.71. The molecule has 2 heterocycles. The summed E-state index contributed by atoms with van der Waals surface area (Å²) in [6.07, 6.45) is 16.5. The molecular formula is C50H62N4O6. The van der Waals surface area contributed by atoms with E-state index >= 15 is 0 Å². The summed E-state index contributed by atoms with van der Waals surface area (Å²) in [5.74, 6) is 1.51. The van der Waals surface area contributed by atoms with Crippen molar-refractivity contribution in [2.75, 3.05) is 39.3 Å². The molecule has 6 rings (SSSR count). The summed E-state index contributed by atoms with van der Waals surface area (Å²) in [7, 11) is 2.03. The number of carbonyl (C=O) groups excluding carboxylic acids is 2. The Balaban J connectivity index is 1.09. The van der Waals surface area contributed by atoms with Crippen molar-refractivity contribution in [2.24, 2.45) is 17.8 Å². The zero-order chi connectivity index (χ0) is 42.3. The summed E-state index contributed by atoms with van der Waals surface area (Å²) >= 11 is 0. The molecule has 7 N–H and O–H groups in total. The smallest absolute Gasteiger partial charge is 0.186 e. The van der Waals surface area contributed by atoms with Gasteiger partial charge < -0.3 is 36.4 Å². The van der Waals surface area contributed by atoms with E-state index in [1.54, 1.807) is 6.20 Å². The molecule has 60 heavy (non-hydrogen) atoms. The number of ketones is 2. The van der Waals surface area contributed by atoms with Crippen LogP contribution in [0.3, 0.4) is 0 Å². The van der Waals surface area contributed by atoms with Gasteiger partial charge in [0.25, 0.3) is 0 Å². The van der Waals surface area contributed by atoms with Gasteiger partial charge in [-0.2, -0.15) is 0 Å². The molecule has 4 aromatic rings. The fourth-order valence-electron chi connectivity index (χ4n) is 9.17. The number of nitrogens with two attached hydrogens (primary N) is 1. The fourth-order valence-corrected chi connectivity index (χ4v) is 9.17. The molecule has 2 aliphatic rings. The van der Waals surface area contributed by atoms with Crippen LogP contribution >= 0.6 is 0 Å². The summed E-state index contributed by atoms with van der Waals surface area (Å²) in [5, 5.41) is 38.0. The van der Waals surface area contributed by atoms with E-state index < -0.39 is 19.2 Å². The molecule has 0 bridgehead atoms. The van der Waals surface area contributed by atoms with Crippen LogP contribution < -0.4 is 21.1 Å². The third-order valence-corrected chi connectivity index (χ3v) is 12.3.